The van der Waals surface area contributed by atoms with Gasteiger partial charge in [0.05, 0.1) is 19.1 Å². The lowest BCUT2D eigenvalue weighted by Crippen LogP contribution is -2.03. The van der Waals surface area contributed by atoms with Crippen molar-refractivity contribution in [2.24, 2.45) is 0 Å². The molecule has 0 spiro atoms. The Kier molecular flexibility index (Phi) is 5.45. The number of unbranched alkanes of at least 4 members (excludes halogenated alkanes) is 1. The van der Waals surface area contributed by atoms with E-state index in [1.807, 2.05) is 6.07 Å². The smallest absolute Gasteiger partial charge is 0.306 e. The van der Waals surface area contributed by atoms with Crippen molar-refractivity contribution in [1.29, 1.82) is 5.26 Å². The van der Waals surface area contributed by atoms with Gasteiger partial charge >= 0.3 is 5.97 Å². The third-order valence-corrected chi connectivity index (χ3v) is 0.779. The van der Waals surface area contributed by atoms with Gasteiger partial charge in [-0.1, -0.05) is 0 Å². The number of ether oxygens (including phenoxy) is 1. The molecule has 0 unspecified atom stereocenters. The molecule has 0 bridgehead atoms. The molecule has 0 rings (SSSR count). The quantitative estimate of drug-likeness (QED) is 0.430. The average Bonchev–Trinajstić information content (AvgIpc) is 1.89. The molecule has 10 heavy (non-hydrogen) atoms. The monoisotopic (exact) mass is 139 g/mol. The number of esters is 1. The number of hydrogen-bond donors (Lipinski definition) is 0. The normalized spacial score (nSPS) is 8.40. The Hall–Kier alpha value is -1.04. The molecule has 0 aromatic heterocycles. The number of carbonyl (C=O) groups excluding carboxylic acids is 1. The fraction of sp³-hybridized carbons (Fsp3) is 0.571. The largest absolute Gasteiger partial charge is 0.466 e. The maximum absolute atomic E-state index is 10.5. The van der Waals surface area contributed by atoms with E-state index >= 15 is 0 Å². The molecular weight excluding hydrogens is 130 g/mol. The SMILES string of the molecule is CCOC(=O)C[C]CC#N. The van der Waals surface area contributed by atoms with E-state index in [0.717, 1.165) is 0 Å². The molecule has 3 nitrogen and oxygen atoms in total. The van der Waals surface area contributed by atoms with Gasteiger partial charge in [0.1, 0.15) is 0 Å². The molecule has 0 fully saturated rings. The summed E-state index contributed by atoms with van der Waals surface area (Å²) >= 11 is 0. The van der Waals surface area contributed by atoms with Crippen molar-refractivity contribution in [2.75, 3.05) is 6.61 Å². The van der Waals surface area contributed by atoms with Crippen molar-refractivity contribution in [2.45, 2.75) is 19.8 Å². The van der Waals surface area contributed by atoms with Crippen molar-refractivity contribution in [3.8, 4) is 6.07 Å². The van der Waals surface area contributed by atoms with Crippen LogP contribution < -0.4 is 0 Å². The van der Waals surface area contributed by atoms with E-state index in [1.54, 1.807) is 6.92 Å². The van der Waals surface area contributed by atoms with Gasteiger partial charge in [-0.15, -0.1) is 0 Å². The number of nitriles is 1. The Labute approximate surface area is 60.6 Å². The van der Waals surface area contributed by atoms with Gasteiger partial charge in [0.25, 0.3) is 0 Å². The highest BCUT2D eigenvalue weighted by Gasteiger charge is 1.99. The third-order valence-electron chi connectivity index (χ3n) is 0.779. The van der Waals surface area contributed by atoms with Crippen LogP contribution in [0.5, 0.6) is 0 Å². The first kappa shape index (κ1) is 8.96. The first-order valence-electron chi connectivity index (χ1n) is 3.04. The number of nitrogens with zero attached hydrogens (tertiary/aromatic N) is 1. The molecule has 0 aromatic carbocycles. The molecule has 0 aliphatic carbocycles. The second kappa shape index (κ2) is 6.09. The van der Waals surface area contributed by atoms with Crippen molar-refractivity contribution in [3.63, 3.8) is 0 Å². The molecule has 0 aromatic rings. The zero-order valence-electron chi connectivity index (χ0n) is 5.89. The van der Waals surface area contributed by atoms with Gasteiger partial charge in [0.2, 0.25) is 0 Å². The molecule has 0 atom stereocenters. The van der Waals surface area contributed by atoms with Gasteiger partial charge in [0, 0.05) is 12.8 Å². The molecule has 0 heterocycles. The summed E-state index contributed by atoms with van der Waals surface area (Å²) in [7, 11) is 0. The maximum atomic E-state index is 10.5. The summed E-state index contributed by atoms with van der Waals surface area (Å²) in [6, 6.07) is 1.85. The van der Waals surface area contributed by atoms with E-state index in [9.17, 15) is 4.79 Å². The second-order valence-corrected chi connectivity index (χ2v) is 1.57. The van der Waals surface area contributed by atoms with Crippen molar-refractivity contribution < 1.29 is 9.53 Å². The van der Waals surface area contributed by atoms with E-state index in [-0.39, 0.29) is 18.8 Å². The van der Waals surface area contributed by atoms with Gasteiger partial charge in [-0.3, -0.25) is 4.79 Å². The molecule has 0 aliphatic heterocycles. The van der Waals surface area contributed by atoms with E-state index in [0.29, 0.717) is 6.61 Å². The highest BCUT2D eigenvalue weighted by atomic mass is 16.5. The predicted molar refractivity (Wildman–Crippen MR) is 34.7 cm³/mol. The molecule has 0 saturated carbocycles. The zero-order valence-corrected chi connectivity index (χ0v) is 5.89. The van der Waals surface area contributed by atoms with Gasteiger partial charge in [-0.2, -0.15) is 5.26 Å². The first-order valence-corrected chi connectivity index (χ1v) is 3.04. The Morgan fingerprint density at radius 2 is 2.40 bits per heavy atom. The van der Waals surface area contributed by atoms with Gasteiger partial charge in [-0.05, 0) is 6.92 Å². The van der Waals surface area contributed by atoms with Crippen molar-refractivity contribution in [3.05, 3.63) is 6.42 Å². The molecule has 0 amide bonds. The lowest BCUT2D eigenvalue weighted by Gasteiger charge is -1.96. The van der Waals surface area contributed by atoms with Crippen LogP contribution in [0.3, 0.4) is 0 Å². The van der Waals surface area contributed by atoms with Crippen LogP contribution in [0.25, 0.3) is 0 Å². The molecule has 0 N–H and O–H groups in total. The summed E-state index contributed by atoms with van der Waals surface area (Å²) in [6.07, 6.45) is 2.88. The lowest BCUT2D eigenvalue weighted by molar-refractivity contribution is -0.142. The molecule has 54 valence electrons. The van der Waals surface area contributed by atoms with Crippen LogP contribution >= 0.6 is 0 Å². The molecule has 0 aliphatic rings. The molecule has 0 saturated heterocycles. The summed E-state index contributed by atoms with van der Waals surface area (Å²) in [5, 5.41) is 8.04. The summed E-state index contributed by atoms with van der Waals surface area (Å²) in [5.41, 5.74) is 0. The Morgan fingerprint density at radius 3 is 2.90 bits per heavy atom. The van der Waals surface area contributed by atoms with Crippen LogP contribution in [0, 0.1) is 17.8 Å². The predicted octanol–water partition coefficient (Wildman–Crippen LogP) is 0.935. The topological polar surface area (TPSA) is 50.1 Å². The average molecular weight is 139 g/mol. The van der Waals surface area contributed by atoms with Crippen molar-refractivity contribution in [1.82, 2.24) is 0 Å². The van der Waals surface area contributed by atoms with Crippen LogP contribution in [0.15, 0.2) is 0 Å². The van der Waals surface area contributed by atoms with E-state index in [1.165, 1.54) is 0 Å². The number of rotatable bonds is 4. The Balaban J connectivity index is 3.15. The van der Waals surface area contributed by atoms with E-state index in [2.05, 4.69) is 11.2 Å². The fourth-order valence-electron chi connectivity index (χ4n) is 0.432. The summed E-state index contributed by atoms with van der Waals surface area (Å²) < 4.78 is 4.58. The van der Waals surface area contributed by atoms with Crippen LogP contribution in [-0.2, 0) is 9.53 Å². The summed E-state index contributed by atoms with van der Waals surface area (Å²) in [6.45, 7) is 2.12. The zero-order chi connectivity index (χ0) is 7.82. The number of hydrogen-bond acceptors (Lipinski definition) is 3. The minimum atomic E-state index is -0.322. The fourth-order valence-corrected chi connectivity index (χ4v) is 0.432. The summed E-state index contributed by atoms with van der Waals surface area (Å²) in [4.78, 5) is 10.5. The molecule has 2 radical (unpaired) electrons. The third kappa shape index (κ3) is 5.10. The van der Waals surface area contributed by atoms with Crippen LogP contribution in [0.4, 0.5) is 0 Å². The summed E-state index contributed by atoms with van der Waals surface area (Å²) in [5.74, 6) is -0.322. The minimum absolute atomic E-state index is 0.113. The standard InChI is InChI=1S/C7H9NO2/c1-2-10-7(9)5-3-4-6-8/h2,4-5H2,1H3. The van der Waals surface area contributed by atoms with Gasteiger partial charge in [-0.25, -0.2) is 0 Å². The number of carbonyl (C=O) groups is 1. The van der Waals surface area contributed by atoms with Gasteiger partial charge < -0.3 is 4.74 Å². The van der Waals surface area contributed by atoms with Crippen molar-refractivity contribution >= 4 is 5.97 Å². The molecule has 3 heteroatoms. The first-order chi connectivity index (χ1) is 4.81. The van der Waals surface area contributed by atoms with Crippen LogP contribution in [-0.4, -0.2) is 12.6 Å². The van der Waals surface area contributed by atoms with E-state index in [4.69, 9.17) is 5.26 Å². The second-order valence-electron chi connectivity index (χ2n) is 1.57. The minimum Gasteiger partial charge on any atom is -0.466 e. The van der Waals surface area contributed by atoms with Gasteiger partial charge in [0.15, 0.2) is 0 Å². The Morgan fingerprint density at radius 1 is 1.70 bits per heavy atom. The highest BCUT2D eigenvalue weighted by Crippen LogP contribution is 1.93. The van der Waals surface area contributed by atoms with Crippen LogP contribution in [0.1, 0.15) is 19.8 Å². The Bertz CT molecular complexity index is 137. The maximum Gasteiger partial charge on any atom is 0.306 e. The van der Waals surface area contributed by atoms with Crippen LogP contribution in [0.2, 0.25) is 0 Å². The highest BCUT2D eigenvalue weighted by molar-refractivity contribution is 5.70. The van der Waals surface area contributed by atoms with E-state index < -0.39 is 0 Å². The molecular formula is C7H9NO2. The lowest BCUT2D eigenvalue weighted by atomic mass is 10.2.